The minimum absolute atomic E-state index is 0.0642. The second kappa shape index (κ2) is 6.59. The number of hydrogen-bond donors (Lipinski definition) is 1. The molecule has 2 aromatic carbocycles. The van der Waals surface area contributed by atoms with Crippen LogP contribution in [0.2, 0.25) is 0 Å². The number of ether oxygens (including phenoxy) is 1. The van der Waals surface area contributed by atoms with Gasteiger partial charge in [0.15, 0.2) is 6.61 Å². The van der Waals surface area contributed by atoms with Crippen LogP contribution in [0.3, 0.4) is 0 Å². The van der Waals surface area contributed by atoms with Crippen LogP contribution < -0.4 is 10.1 Å². The van der Waals surface area contributed by atoms with E-state index >= 15 is 0 Å². The van der Waals surface area contributed by atoms with Crippen LogP contribution in [0.5, 0.6) is 5.75 Å². The molecule has 0 bridgehead atoms. The molecule has 132 valence electrons. The largest absolute Gasteiger partial charge is 0.484 e. The molecule has 0 aliphatic rings. The van der Waals surface area contributed by atoms with Crippen LogP contribution in [-0.2, 0) is 4.79 Å². The Labute approximate surface area is 150 Å². The van der Waals surface area contributed by atoms with Crippen LogP contribution in [0.25, 0.3) is 21.9 Å². The molecule has 0 aliphatic carbocycles. The van der Waals surface area contributed by atoms with Gasteiger partial charge in [-0.2, -0.15) is 0 Å². The summed E-state index contributed by atoms with van der Waals surface area (Å²) in [7, 11) is 0. The molecule has 5 nitrogen and oxygen atoms in total. The molecule has 0 fully saturated rings. The van der Waals surface area contributed by atoms with E-state index in [1.165, 1.54) is 0 Å². The molecule has 1 atom stereocenters. The lowest BCUT2D eigenvalue weighted by Crippen LogP contribution is -2.31. The third-order valence-electron chi connectivity index (χ3n) is 4.28. The summed E-state index contributed by atoms with van der Waals surface area (Å²) in [4.78, 5) is 12.1. The van der Waals surface area contributed by atoms with E-state index in [0.29, 0.717) is 5.75 Å². The lowest BCUT2D eigenvalue weighted by atomic mass is 10.1. The van der Waals surface area contributed by atoms with Gasteiger partial charge in [-0.1, -0.05) is 18.2 Å². The van der Waals surface area contributed by atoms with Crippen molar-refractivity contribution < 1.29 is 18.4 Å². The van der Waals surface area contributed by atoms with Crippen molar-refractivity contribution in [2.45, 2.75) is 19.9 Å². The van der Waals surface area contributed by atoms with Gasteiger partial charge in [-0.3, -0.25) is 4.79 Å². The average molecular weight is 349 g/mol. The molecule has 2 heterocycles. The number of aryl methyl sites for hydroxylation is 1. The number of hydrogen-bond acceptors (Lipinski definition) is 4. The number of carbonyl (C=O) groups excluding carboxylic acids is 1. The highest BCUT2D eigenvalue weighted by molar-refractivity contribution is 6.05. The van der Waals surface area contributed by atoms with E-state index in [2.05, 4.69) is 5.32 Å². The van der Waals surface area contributed by atoms with Gasteiger partial charge in [0.1, 0.15) is 28.4 Å². The van der Waals surface area contributed by atoms with Crippen molar-refractivity contribution >= 4 is 27.8 Å². The van der Waals surface area contributed by atoms with Gasteiger partial charge in [-0.15, -0.1) is 0 Å². The first kappa shape index (κ1) is 16.3. The van der Waals surface area contributed by atoms with Crippen molar-refractivity contribution in [1.29, 1.82) is 0 Å². The fourth-order valence-corrected chi connectivity index (χ4v) is 2.98. The monoisotopic (exact) mass is 349 g/mol. The van der Waals surface area contributed by atoms with Crippen LogP contribution >= 0.6 is 0 Å². The van der Waals surface area contributed by atoms with Gasteiger partial charge in [0.05, 0.1) is 6.04 Å². The number of furan rings is 2. The lowest BCUT2D eigenvalue weighted by molar-refractivity contribution is -0.123. The number of benzene rings is 2. The molecular weight excluding hydrogens is 330 g/mol. The van der Waals surface area contributed by atoms with Gasteiger partial charge >= 0.3 is 0 Å². The smallest absolute Gasteiger partial charge is 0.258 e. The van der Waals surface area contributed by atoms with Crippen molar-refractivity contribution in [3.8, 4) is 5.75 Å². The maximum Gasteiger partial charge on any atom is 0.258 e. The van der Waals surface area contributed by atoms with Crippen LogP contribution in [-0.4, -0.2) is 12.5 Å². The molecule has 1 amide bonds. The van der Waals surface area contributed by atoms with E-state index in [-0.39, 0.29) is 18.6 Å². The summed E-state index contributed by atoms with van der Waals surface area (Å²) in [6.45, 7) is 3.68. The second-order valence-corrected chi connectivity index (χ2v) is 6.28. The third-order valence-corrected chi connectivity index (χ3v) is 4.28. The Morgan fingerprint density at radius 2 is 1.85 bits per heavy atom. The molecule has 1 N–H and O–H groups in total. The molecule has 0 spiro atoms. The summed E-state index contributed by atoms with van der Waals surface area (Å²) in [5.74, 6) is 1.96. The normalized spacial score (nSPS) is 12.4. The van der Waals surface area contributed by atoms with Crippen LogP contribution in [0, 0.1) is 6.92 Å². The first-order valence-corrected chi connectivity index (χ1v) is 8.50. The van der Waals surface area contributed by atoms with E-state index in [0.717, 1.165) is 33.5 Å². The molecule has 4 rings (SSSR count). The Balaban J connectivity index is 1.44. The predicted molar refractivity (Wildman–Crippen MR) is 99.2 cm³/mol. The molecule has 0 saturated carbocycles. The van der Waals surface area contributed by atoms with Crippen molar-refractivity contribution in [2.75, 3.05) is 6.61 Å². The zero-order chi connectivity index (χ0) is 18.1. The highest BCUT2D eigenvalue weighted by Crippen LogP contribution is 2.31. The predicted octanol–water partition coefficient (Wildman–Crippen LogP) is 4.74. The summed E-state index contributed by atoms with van der Waals surface area (Å²) >= 11 is 0. The molecule has 0 aliphatic heterocycles. The van der Waals surface area contributed by atoms with E-state index in [9.17, 15) is 4.79 Å². The van der Waals surface area contributed by atoms with Gasteiger partial charge < -0.3 is 18.9 Å². The number of nitrogens with one attached hydrogen (secondary N) is 1. The zero-order valence-corrected chi connectivity index (χ0v) is 14.6. The quantitative estimate of drug-likeness (QED) is 0.565. The van der Waals surface area contributed by atoms with Gasteiger partial charge in [0, 0.05) is 10.8 Å². The SMILES string of the molecule is Cc1ccc(C(C)NC(=O)COc2ccc3oc4ccccc4c3c2)o1. The van der Waals surface area contributed by atoms with Crippen molar-refractivity contribution in [3.05, 3.63) is 66.1 Å². The fraction of sp³-hybridized carbons (Fsp3) is 0.190. The molecule has 2 aromatic heterocycles. The molecule has 5 heteroatoms. The number of carbonyl (C=O) groups is 1. The fourth-order valence-electron chi connectivity index (χ4n) is 2.98. The summed E-state index contributed by atoms with van der Waals surface area (Å²) < 4.78 is 17.0. The van der Waals surface area contributed by atoms with E-state index in [1.54, 1.807) is 6.07 Å². The highest BCUT2D eigenvalue weighted by Gasteiger charge is 2.14. The minimum Gasteiger partial charge on any atom is -0.484 e. The van der Waals surface area contributed by atoms with E-state index < -0.39 is 0 Å². The maximum atomic E-state index is 12.1. The van der Waals surface area contributed by atoms with Crippen molar-refractivity contribution in [1.82, 2.24) is 5.32 Å². The second-order valence-electron chi connectivity index (χ2n) is 6.28. The van der Waals surface area contributed by atoms with E-state index in [4.69, 9.17) is 13.6 Å². The van der Waals surface area contributed by atoms with Gasteiger partial charge in [-0.25, -0.2) is 0 Å². The Kier molecular flexibility index (Phi) is 4.13. The van der Waals surface area contributed by atoms with Crippen LogP contribution in [0.4, 0.5) is 0 Å². The summed E-state index contributed by atoms with van der Waals surface area (Å²) in [6, 6.07) is 16.9. The number of amides is 1. The van der Waals surface area contributed by atoms with Crippen molar-refractivity contribution in [3.63, 3.8) is 0 Å². The number of fused-ring (bicyclic) bond motifs is 3. The lowest BCUT2D eigenvalue weighted by Gasteiger charge is -2.12. The molecule has 0 saturated heterocycles. The standard InChI is InChI=1S/C21H19NO4/c1-13-7-9-18(25-13)14(2)22-21(23)12-24-15-8-10-20-17(11-15)16-5-3-4-6-19(16)26-20/h3-11,14H,12H2,1-2H3,(H,22,23). The average Bonchev–Trinajstić information content (AvgIpc) is 3.23. The summed E-state index contributed by atoms with van der Waals surface area (Å²) in [5, 5.41) is 4.86. The minimum atomic E-state index is -0.208. The molecule has 1 unspecified atom stereocenters. The number of para-hydroxylation sites is 1. The van der Waals surface area contributed by atoms with Crippen molar-refractivity contribution in [2.24, 2.45) is 0 Å². The first-order chi connectivity index (χ1) is 12.6. The molecule has 4 aromatic rings. The summed E-state index contributed by atoms with van der Waals surface area (Å²) in [5.41, 5.74) is 1.63. The maximum absolute atomic E-state index is 12.1. The number of rotatable bonds is 5. The Morgan fingerprint density at radius 1 is 1.04 bits per heavy atom. The Hall–Kier alpha value is -3.21. The Bertz CT molecular complexity index is 1080. The van der Waals surface area contributed by atoms with Crippen LogP contribution in [0.15, 0.2) is 63.4 Å². The van der Waals surface area contributed by atoms with E-state index in [1.807, 2.05) is 62.4 Å². The van der Waals surface area contributed by atoms with Crippen LogP contribution in [0.1, 0.15) is 24.5 Å². The zero-order valence-electron chi connectivity index (χ0n) is 14.6. The molecular formula is C21H19NO4. The highest BCUT2D eigenvalue weighted by atomic mass is 16.5. The van der Waals surface area contributed by atoms with Gasteiger partial charge in [-0.05, 0) is 50.2 Å². The Morgan fingerprint density at radius 3 is 2.65 bits per heavy atom. The topological polar surface area (TPSA) is 64.6 Å². The van der Waals surface area contributed by atoms with Gasteiger partial charge in [0.2, 0.25) is 0 Å². The van der Waals surface area contributed by atoms with Gasteiger partial charge in [0.25, 0.3) is 5.91 Å². The molecule has 26 heavy (non-hydrogen) atoms. The third kappa shape index (κ3) is 3.16. The summed E-state index contributed by atoms with van der Waals surface area (Å²) in [6.07, 6.45) is 0. The molecule has 0 radical (unpaired) electrons. The first-order valence-electron chi connectivity index (χ1n) is 8.50.